The van der Waals surface area contributed by atoms with Crippen LogP contribution in [0.5, 0.6) is 0 Å². The number of nitrogens with zero attached hydrogens (tertiary/aromatic N) is 4. The summed E-state index contributed by atoms with van der Waals surface area (Å²) in [5.74, 6) is 0.286. The highest BCUT2D eigenvalue weighted by molar-refractivity contribution is 5.71. The van der Waals surface area contributed by atoms with Crippen LogP contribution < -0.4 is 0 Å². The number of oxazole rings is 1. The van der Waals surface area contributed by atoms with Gasteiger partial charge in [-0.2, -0.15) is 4.98 Å². The molecular weight excluding hydrogens is 236 g/mol. The molecule has 0 N–H and O–H groups in total. The number of rotatable bonds is 2. The van der Waals surface area contributed by atoms with Crippen LogP contribution in [0.3, 0.4) is 0 Å². The minimum atomic E-state index is -0.466. The van der Waals surface area contributed by atoms with Crippen molar-refractivity contribution >= 4 is 16.9 Å². The Balaban J connectivity index is 2.13. The molecule has 3 rings (SSSR count). The van der Waals surface area contributed by atoms with Crippen LogP contribution >= 0.6 is 0 Å². The number of hydrogen-bond acceptors (Lipinski definition) is 6. The molecule has 1 aromatic carbocycles. The normalized spacial score (nSPS) is 10.7. The fourth-order valence-electron chi connectivity index (χ4n) is 1.57. The monoisotopic (exact) mass is 242 g/mol. The summed E-state index contributed by atoms with van der Waals surface area (Å²) in [6.07, 6.45) is 2.87. The zero-order valence-electron chi connectivity index (χ0n) is 8.98. The van der Waals surface area contributed by atoms with E-state index in [1.807, 2.05) is 0 Å². The summed E-state index contributed by atoms with van der Waals surface area (Å²) in [5, 5.41) is 10.7. The van der Waals surface area contributed by atoms with Crippen LogP contribution in [-0.4, -0.2) is 19.9 Å². The van der Waals surface area contributed by atoms with Crippen molar-refractivity contribution in [2.24, 2.45) is 0 Å². The molecule has 3 aromatic rings. The predicted molar refractivity (Wildman–Crippen MR) is 61.7 cm³/mol. The van der Waals surface area contributed by atoms with Gasteiger partial charge < -0.3 is 4.42 Å². The third-order valence-electron chi connectivity index (χ3n) is 2.38. The molecule has 0 radical (unpaired) electrons. The van der Waals surface area contributed by atoms with E-state index in [4.69, 9.17) is 4.42 Å². The third-order valence-corrected chi connectivity index (χ3v) is 2.38. The van der Waals surface area contributed by atoms with E-state index in [1.54, 1.807) is 12.1 Å². The number of non-ortho nitro benzene ring substituents is 1. The molecule has 0 saturated carbocycles. The quantitative estimate of drug-likeness (QED) is 0.505. The van der Waals surface area contributed by atoms with Crippen LogP contribution in [0.4, 0.5) is 5.69 Å². The first kappa shape index (κ1) is 10.3. The summed E-state index contributed by atoms with van der Waals surface area (Å²) in [7, 11) is 0. The van der Waals surface area contributed by atoms with E-state index in [9.17, 15) is 10.1 Å². The largest absolute Gasteiger partial charge is 0.418 e. The van der Waals surface area contributed by atoms with E-state index < -0.39 is 4.92 Å². The Labute approximate surface area is 100 Å². The standard InChI is InChI=1S/C11H6N4O3/c16-15(17)8-3-1-2-7(4-8)10-14-9-5-12-6-13-11(9)18-10/h1-6H. The van der Waals surface area contributed by atoms with Crippen molar-refractivity contribution in [3.63, 3.8) is 0 Å². The molecule has 0 atom stereocenters. The molecule has 0 aliphatic heterocycles. The Hall–Kier alpha value is -2.83. The molecule has 7 nitrogen and oxygen atoms in total. The van der Waals surface area contributed by atoms with Crippen molar-refractivity contribution in [1.82, 2.24) is 15.0 Å². The summed E-state index contributed by atoms with van der Waals surface area (Å²) >= 11 is 0. The Morgan fingerprint density at radius 1 is 1.33 bits per heavy atom. The van der Waals surface area contributed by atoms with E-state index in [0.717, 1.165) is 0 Å². The van der Waals surface area contributed by atoms with Gasteiger partial charge in [-0.15, -0.1) is 0 Å². The van der Waals surface area contributed by atoms with Crippen molar-refractivity contribution in [3.8, 4) is 11.5 Å². The zero-order chi connectivity index (χ0) is 12.5. The van der Waals surface area contributed by atoms with Gasteiger partial charge in [0.2, 0.25) is 11.6 Å². The van der Waals surface area contributed by atoms with Crippen LogP contribution in [0.2, 0.25) is 0 Å². The molecule has 2 aromatic heterocycles. The van der Waals surface area contributed by atoms with Crippen LogP contribution in [0.15, 0.2) is 41.2 Å². The fraction of sp³-hybridized carbons (Fsp3) is 0. The van der Waals surface area contributed by atoms with E-state index in [2.05, 4.69) is 15.0 Å². The van der Waals surface area contributed by atoms with Gasteiger partial charge >= 0.3 is 0 Å². The second kappa shape index (κ2) is 3.88. The van der Waals surface area contributed by atoms with Gasteiger partial charge in [-0.25, -0.2) is 9.97 Å². The van der Waals surface area contributed by atoms with Gasteiger partial charge in [0.05, 0.1) is 11.1 Å². The number of hydrogen-bond donors (Lipinski definition) is 0. The van der Waals surface area contributed by atoms with Gasteiger partial charge in [0.1, 0.15) is 11.8 Å². The molecule has 88 valence electrons. The summed E-state index contributed by atoms with van der Waals surface area (Å²) in [6.45, 7) is 0. The first-order valence-corrected chi connectivity index (χ1v) is 5.05. The summed E-state index contributed by atoms with van der Waals surface area (Å²) < 4.78 is 5.40. The Morgan fingerprint density at radius 3 is 3.00 bits per heavy atom. The smallest absolute Gasteiger partial charge is 0.270 e. The molecule has 18 heavy (non-hydrogen) atoms. The molecular formula is C11H6N4O3. The third kappa shape index (κ3) is 1.67. The van der Waals surface area contributed by atoms with Gasteiger partial charge in [-0.3, -0.25) is 10.1 Å². The zero-order valence-corrected chi connectivity index (χ0v) is 8.98. The molecule has 0 aliphatic rings. The second-order valence-corrected chi connectivity index (χ2v) is 3.54. The maximum atomic E-state index is 10.7. The molecule has 0 spiro atoms. The SMILES string of the molecule is O=[N+]([O-])c1cccc(-c2nc3cncnc3o2)c1. The van der Waals surface area contributed by atoms with E-state index in [1.165, 1.54) is 24.7 Å². The average Bonchev–Trinajstić information content (AvgIpc) is 2.82. The molecule has 0 saturated heterocycles. The van der Waals surface area contributed by atoms with E-state index >= 15 is 0 Å². The van der Waals surface area contributed by atoms with Crippen molar-refractivity contribution in [1.29, 1.82) is 0 Å². The lowest BCUT2D eigenvalue weighted by Crippen LogP contribution is -1.87. The van der Waals surface area contributed by atoms with Gasteiger partial charge in [-0.1, -0.05) is 6.07 Å². The summed E-state index contributed by atoms with van der Waals surface area (Å²) in [5.41, 5.74) is 1.38. The van der Waals surface area contributed by atoms with Crippen LogP contribution in [0.25, 0.3) is 22.7 Å². The van der Waals surface area contributed by atoms with Crippen molar-refractivity contribution < 1.29 is 9.34 Å². The van der Waals surface area contributed by atoms with Gasteiger partial charge in [0.15, 0.2) is 0 Å². The lowest BCUT2D eigenvalue weighted by molar-refractivity contribution is -0.384. The summed E-state index contributed by atoms with van der Waals surface area (Å²) in [4.78, 5) is 22.1. The van der Waals surface area contributed by atoms with Gasteiger partial charge in [-0.05, 0) is 6.07 Å². The fourth-order valence-corrected chi connectivity index (χ4v) is 1.57. The molecule has 0 unspecified atom stereocenters. The van der Waals surface area contributed by atoms with Crippen LogP contribution in [0.1, 0.15) is 0 Å². The van der Waals surface area contributed by atoms with Crippen LogP contribution in [-0.2, 0) is 0 Å². The Morgan fingerprint density at radius 2 is 2.22 bits per heavy atom. The number of aromatic nitrogens is 3. The number of nitro benzene ring substituents is 1. The van der Waals surface area contributed by atoms with Gasteiger partial charge in [0.25, 0.3) is 5.69 Å². The number of nitro groups is 1. The molecule has 0 fully saturated rings. The van der Waals surface area contributed by atoms with Gasteiger partial charge in [0, 0.05) is 17.7 Å². The van der Waals surface area contributed by atoms with Crippen molar-refractivity contribution in [3.05, 3.63) is 46.9 Å². The van der Waals surface area contributed by atoms with E-state index in [0.29, 0.717) is 16.8 Å². The number of fused-ring (bicyclic) bond motifs is 1. The minimum Gasteiger partial charge on any atom is -0.418 e. The second-order valence-electron chi connectivity index (χ2n) is 3.54. The van der Waals surface area contributed by atoms with Crippen LogP contribution in [0, 0.1) is 10.1 Å². The highest BCUT2D eigenvalue weighted by atomic mass is 16.6. The Bertz CT molecular complexity index is 705. The first-order chi connectivity index (χ1) is 8.74. The molecule has 0 aliphatic carbocycles. The predicted octanol–water partition coefficient (Wildman–Crippen LogP) is 2.19. The average molecular weight is 242 g/mol. The highest BCUT2D eigenvalue weighted by Crippen LogP contribution is 2.25. The highest BCUT2D eigenvalue weighted by Gasteiger charge is 2.12. The lowest BCUT2D eigenvalue weighted by Gasteiger charge is -1.94. The molecule has 2 heterocycles. The minimum absolute atomic E-state index is 0.0131. The van der Waals surface area contributed by atoms with Crippen molar-refractivity contribution in [2.45, 2.75) is 0 Å². The number of benzene rings is 1. The Kier molecular flexibility index (Phi) is 2.23. The van der Waals surface area contributed by atoms with E-state index in [-0.39, 0.29) is 11.6 Å². The van der Waals surface area contributed by atoms with Crippen molar-refractivity contribution in [2.75, 3.05) is 0 Å². The summed E-state index contributed by atoms with van der Waals surface area (Å²) in [6, 6.07) is 6.07. The molecule has 0 amide bonds. The lowest BCUT2D eigenvalue weighted by atomic mass is 10.2. The topological polar surface area (TPSA) is 95.0 Å². The maximum Gasteiger partial charge on any atom is 0.270 e. The molecule has 0 bridgehead atoms. The first-order valence-electron chi connectivity index (χ1n) is 5.05. The maximum absolute atomic E-state index is 10.7. The molecule has 7 heteroatoms.